The van der Waals surface area contributed by atoms with Gasteiger partial charge >= 0.3 is 0 Å². The summed E-state index contributed by atoms with van der Waals surface area (Å²) in [6.45, 7) is 7.45. The van der Waals surface area contributed by atoms with Crippen molar-refractivity contribution in [3.8, 4) is 0 Å². The first kappa shape index (κ1) is 10.0. The monoisotopic (exact) mass is 204 g/mol. The van der Waals surface area contributed by atoms with Crippen LogP contribution in [0.3, 0.4) is 0 Å². The van der Waals surface area contributed by atoms with Gasteiger partial charge in [0.1, 0.15) is 5.79 Å². The van der Waals surface area contributed by atoms with Gasteiger partial charge in [-0.25, -0.2) is 0 Å². The molecular formula is C6H11O2Y-. The quantitative estimate of drug-likeness (QED) is 0.554. The van der Waals surface area contributed by atoms with E-state index in [0.717, 1.165) is 0 Å². The molecule has 9 heavy (non-hydrogen) atoms. The van der Waals surface area contributed by atoms with E-state index in [-0.39, 0.29) is 44.6 Å². The van der Waals surface area contributed by atoms with E-state index in [1.165, 1.54) is 0 Å². The van der Waals surface area contributed by atoms with Crippen molar-refractivity contribution in [1.29, 1.82) is 0 Å². The first-order chi connectivity index (χ1) is 3.60. The number of ether oxygens (including phenoxy) is 2. The molecule has 1 fully saturated rings. The second-order valence-electron chi connectivity index (χ2n) is 2.48. The second-order valence-corrected chi connectivity index (χ2v) is 2.48. The van der Waals surface area contributed by atoms with Gasteiger partial charge in [0.05, 0.1) is 0 Å². The maximum absolute atomic E-state index is 5.27. The molecule has 0 aliphatic carbocycles. The molecule has 0 N–H and O–H groups in total. The van der Waals surface area contributed by atoms with E-state index in [1.807, 2.05) is 20.8 Å². The van der Waals surface area contributed by atoms with Crippen molar-refractivity contribution in [3.05, 3.63) is 6.61 Å². The average molecular weight is 204 g/mol. The molecule has 1 aliphatic heterocycles. The Kier molecular flexibility index (Phi) is 3.81. The minimum atomic E-state index is -0.389. The normalized spacial score (nSPS) is 31.7. The maximum Gasteiger partial charge on any atom is 0.130 e. The van der Waals surface area contributed by atoms with Crippen molar-refractivity contribution in [2.75, 3.05) is 0 Å². The smallest absolute Gasteiger partial charge is 0.130 e. The van der Waals surface area contributed by atoms with E-state index in [4.69, 9.17) is 9.47 Å². The van der Waals surface area contributed by atoms with Crippen LogP contribution in [-0.2, 0) is 42.2 Å². The largest absolute Gasteiger partial charge is 0.525 e. The molecule has 0 bridgehead atoms. The van der Waals surface area contributed by atoms with E-state index in [1.54, 1.807) is 6.61 Å². The minimum Gasteiger partial charge on any atom is -0.525 e. The topological polar surface area (TPSA) is 18.5 Å². The Labute approximate surface area is 81.2 Å². The second kappa shape index (κ2) is 3.43. The van der Waals surface area contributed by atoms with Gasteiger partial charge in [-0.1, -0.05) is 6.92 Å². The molecule has 1 saturated heterocycles. The van der Waals surface area contributed by atoms with Crippen LogP contribution in [0.25, 0.3) is 0 Å². The van der Waals surface area contributed by atoms with E-state index < -0.39 is 0 Å². The molecule has 2 nitrogen and oxygen atoms in total. The first-order valence-corrected chi connectivity index (χ1v) is 2.79. The van der Waals surface area contributed by atoms with Crippen LogP contribution in [0, 0.1) is 6.61 Å². The molecule has 0 aromatic carbocycles. The van der Waals surface area contributed by atoms with E-state index in [0.29, 0.717) is 0 Å². The van der Waals surface area contributed by atoms with Crippen molar-refractivity contribution >= 4 is 0 Å². The molecule has 1 radical (unpaired) electrons. The SMILES string of the molecule is CC1[CH-]OC(C)(C)O1.[Y]. The van der Waals surface area contributed by atoms with Crippen molar-refractivity contribution in [2.24, 2.45) is 0 Å². The summed E-state index contributed by atoms with van der Waals surface area (Å²) in [6, 6.07) is 0. The zero-order valence-electron chi connectivity index (χ0n) is 6.05. The standard InChI is InChI=1S/C6H11O2.Y/c1-5-4-7-6(2,3)8-5;/h4-5H,1-3H3;/q-1;. The maximum atomic E-state index is 5.27. The Morgan fingerprint density at radius 1 is 1.44 bits per heavy atom. The number of hydrogen-bond acceptors (Lipinski definition) is 2. The van der Waals surface area contributed by atoms with E-state index in [9.17, 15) is 0 Å². The molecule has 51 valence electrons. The van der Waals surface area contributed by atoms with Crippen LogP contribution in [0.1, 0.15) is 20.8 Å². The fourth-order valence-electron chi connectivity index (χ4n) is 0.763. The van der Waals surface area contributed by atoms with Crippen LogP contribution >= 0.6 is 0 Å². The molecule has 0 amide bonds. The van der Waals surface area contributed by atoms with Gasteiger partial charge in [0.15, 0.2) is 0 Å². The van der Waals surface area contributed by atoms with Gasteiger partial charge in [0, 0.05) is 32.7 Å². The van der Waals surface area contributed by atoms with Gasteiger partial charge in [-0.05, 0) is 20.0 Å². The van der Waals surface area contributed by atoms with Crippen molar-refractivity contribution in [3.63, 3.8) is 0 Å². The molecular weight excluding hydrogens is 193 g/mol. The third-order valence-corrected chi connectivity index (χ3v) is 1.01. The fourth-order valence-corrected chi connectivity index (χ4v) is 0.763. The third kappa shape index (κ3) is 3.08. The summed E-state index contributed by atoms with van der Waals surface area (Å²) in [7, 11) is 0. The van der Waals surface area contributed by atoms with Gasteiger partial charge in [0.25, 0.3) is 0 Å². The Bertz CT molecular complexity index is 93.1. The van der Waals surface area contributed by atoms with Gasteiger partial charge in [0.2, 0.25) is 0 Å². The summed E-state index contributed by atoms with van der Waals surface area (Å²) >= 11 is 0. The summed E-state index contributed by atoms with van der Waals surface area (Å²) in [5, 5.41) is 0. The number of rotatable bonds is 0. The molecule has 1 heterocycles. The van der Waals surface area contributed by atoms with E-state index >= 15 is 0 Å². The molecule has 0 aromatic heterocycles. The Hall–Kier alpha value is 1.02. The molecule has 1 aliphatic rings. The zero-order valence-corrected chi connectivity index (χ0v) is 8.89. The zero-order chi connectivity index (χ0) is 6.20. The Balaban J connectivity index is 0.000000640. The van der Waals surface area contributed by atoms with E-state index in [2.05, 4.69) is 0 Å². The van der Waals surface area contributed by atoms with Gasteiger partial charge in [-0.2, -0.15) is 6.61 Å². The predicted molar refractivity (Wildman–Crippen MR) is 30.0 cm³/mol. The summed E-state index contributed by atoms with van der Waals surface area (Å²) in [5.41, 5.74) is 0. The van der Waals surface area contributed by atoms with Crippen LogP contribution < -0.4 is 0 Å². The molecule has 3 heteroatoms. The molecule has 1 unspecified atom stereocenters. The van der Waals surface area contributed by atoms with Crippen molar-refractivity contribution in [2.45, 2.75) is 32.7 Å². The summed E-state index contributed by atoms with van der Waals surface area (Å²) in [6.07, 6.45) is 0.144. The molecule has 0 saturated carbocycles. The minimum absolute atomic E-state index is 0. The summed E-state index contributed by atoms with van der Waals surface area (Å²) < 4.78 is 10.4. The average Bonchev–Trinajstić information content (AvgIpc) is 1.82. The Morgan fingerprint density at radius 2 is 2.00 bits per heavy atom. The third-order valence-electron chi connectivity index (χ3n) is 1.01. The Morgan fingerprint density at radius 3 is 2.11 bits per heavy atom. The molecule has 1 atom stereocenters. The summed E-state index contributed by atoms with van der Waals surface area (Å²) in [4.78, 5) is 0. The molecule has 0 spiro atoms. The van der Waals surface area contributed by atoms with Crippen LogP contribution in [-0.4, -0.2) is 11.9 Å². The van der Waals surface area contributed by atoms with Crippen LogP contribution in [0.2, 0.25) is 0 Å². The van der Waals surface area contributed by atoms with Crippen molar-refractivity contribution in [1.82, 2.24) is 0 Å². The predicted octanol–water partition coefficient (Wildman–Crippen LogP) is 1.32. The van der Waals surface area contributed by atoms with Gasteiger partial charge < -0.3 is 9.47 Å². The fraction of sp³-hybridized carbons (Fsp3) is 0.833. The van der Waals surface area contributed by atoms with Crippen molar-refractivity contribution < 1.29 is 42.2 Å². The molecule has 1 rings (SSSR count). The van der Waals surface area contributed by atoms with Crippen LogP contribution in [0.4, 0.5) is 0 Å². The van der Waals surface area contributed by atoms with Gasteiger partial charge in [-0.15, -0.1) is 0 Å². The first-order valence-electron chi connectivity index (χ1n) is 2.79. The summed E-state index contributed by atoms with van der Waals surface area (Å²) in [5.74, 6) is -0.389. The van der Waals surface area contributed by atoms with Crippen LogP contribution in [0.5, 0.6) is 0 Å². The molecule has 0 aromatic rings. The van der Waals surface area contributed by atoms with Crippen LogP contribution in [0.15, 0.2) is 0 Å². The van der Waals surface area contributed by atoms with Gasteiger partial charge in [-0.3, -0.25) is 0 Å². The number of hydrogen-bond donors (Lipinski definition) is 0.